The Morgan fingerprint density at radius 1 is 1.04 bits per heavy atom. The Labute approximate surface area is 139 Å². The Bertz CT molecular complexity index is 661. The summed E-state index contributed by atoms with van der Waals surface area (Å²) in [6, 6.07) is 18.3. The highest BCUT2D eigenvalue weighted by Crippen LogP contribution is 2.41. The Kier molecular flexibility index (Phi) is 4.09. The summed E-state index contributed by atoms with van der Waals surface area (Å²) in [5.74, 6) is 1.57. The van der Waals surface area contributed by atoms with Crippen LogP contribution in [-0.4, -0.2) is 31.1 Å². The zero-order chi connectivity index (χ0) is 15.6. The molecule has 0 amide bonds. The molecule has 2 nitrogen and oxygen atoms in total. The highest BCUT2D eigenvalue weighted by atomic mass is 16.5. The van der Waals surface area contributed by atoms with E-state index in [0.29, 0.717) is 12.0 Å². The molecule has 0 bridgehead atoms. The fourth-order valence-corrected chi connectivity index (χ4v) is 4.38. The van der Waals surface area contributed by atoms with E-state index in [-0.39, 0.29) is 0 Å². The minimum Gasteiger partial charge on any atom is -0.497 e. The molecule has 120 valence electrons. The van der Waals surface area contributed by atoms with Gasteiger partial charge in [-0.05, 0) is 67.6 Å². The minimum atomic E-state index is 0.584. The lowest BCUT2D eigenvalue weighted by Gasteiger charge is -2.29. The first kappa shape index (κ1) is 14.8. The van der Waals surface area contributed by atoms with Crippen LogP contribution in [0.15, 0.2) is 48.5 Å². The summed E-state index contributed by atoms with van der Waals surface area (Å²) in [6.07, 6.45) is 5.03. The fraction of sp³-hybridized carbons (Fsp3) is 0.429. The highest BCUT2D eigenvalue weighted by Gasteiger charge is 2.37. The van der Waals surface area contributed by atoms with Crippen molar-refractivity contribution in [2.75, 3.05) is 20.2 Å². The number of benzene rings is 2. The second-order valence-corrected chi connectivity index (χ2v) is 6.88. The van der Waals surface area contributed by atoms with Gasteiger partial charge in [-0.2, -0.15) is 0 Å². The molecule has 2 aromatic rings. The summed E-state index contributed by atoms with van der Waals surface area (Å²) in [7, 11) is 1.76. The SMILES string of the molecule is COc1ccc2c(c1)C(Cc1ccccc1)C(N1CCCC1)C2. The van der Waals surface area contributed by atoms with E-state index < -0.39 is 0 Å². The first-order chi connectivity index (χ1) is 11.3. The number of fused-ring (bicyclic) bond motifs is 1. The predicted molar refractivity (Wildman–Crippen MR) is 94.2 cm³/mol. The van der Waals surface area contributed by atoms with Gasteiger partial charge >= 0.3 is 0 Å². The lowest BCUT2D eigenvalue weighted by molar-refractivity contribution is 0.220. The summed E-state index contributed by atoms with van der Waals surface area (Å²) < 4.78 is 5.49. The van der Waals surface area contributed by atoms with Crippen LogP contribution in [0.25, 0.3) is 0 Å². The van der Waals surface area contributed by atoms with Crippen molar-refractivity contribution < 1.29 is 4.74 Å². The van der Waals surface area contributed by atoms with Gasteiger partial charge in [0.15, 0.2) is 0 Å². The molecule has 0 spiro atoms. The monoisotopic (exact) mass is 307 g/mol. The Morgan fingerprint density at radius 3 is 2.57 bits per heavy atom. The summed E-state index contributed by atoms with van der Waals surface area (Å²) in [4.78, 5) is 2.72. The van der Waals surface area contributed by atoms with E-state index in [9.17, 15) is 0 Å². The summed E-state index contributed by atoms with van der Waals surface area (Å²) >= 11 is 0. The number of methoxy groups -OCH3 is 1. The Hall–Kier alpha value is -1.80. The van der Waals surface area contributed by atoms with Gasteiger partial charge in [-0.3, -0.25) is 4.90 Å². The second kappa shape index (κ2) is 6.37. The van der Waals surface area contributed by atoms with Crippen molar-refractivity contribution in [1.82, 2.24) is 4.90 Å². The summed E-state index contributed by atoms with van der Waals surface area (Å²) in [5, 5.41) is 0. The molecule has 2 atom stereocenters. The largest absolute Gasteiger partial charge is 0.497 e. The van der Waals surface area contributed by atoms with Crippen LogP contribution < -0.4 is 4.74 Å². The Balaban J connectivity index is 1.67. The number of hydrogen-bond acceptors (Lipinski definition) is 2. The standard InChI is InChI=1S/C21H25NO/c1-23-18-10-9-17-14-21(22-11-5-6-12-22)20(19(17)15-18)13-16-7-3-2-4-8-16/h2-4,7-10,15,20-21H,5-6,11-14H2,1H3. The van der Waals surface area contributed by atoms with E-state index in [1.165, 1.54) is 49.0 Å². The van der Waals surface area contributed by atoms with E-state index in [1.807, 2.05) is 0 Å². The van der Waals surface area contributed by atoms with Crippen LogP contribution in [0.2, 0.25) is 0 Å². The molecule has 2 aliphatic rings. The molecule has 1 aliphatic carbocycles. The molecule has 2 heteroatoms. The van der Waals surface area contributed by atoms with Gasteiger partial charge in [0.2, 0.25) is 0 Å². The molecular formula is C21H25NO. The minimum absolute atomic E-state index is 0.584. The van der Waals surface area contributed by atoms with E-state index in [2.05, 4.69) is 53.4 Å². The van der Waals surface area contributed by atoms with E-state index in [4.69, 9.17) is 4.74 Å². The lowest BCUT2D eigenvalue weighted by atomic mass is 9.90. The van der Waals surface area contributed by atoms with Crippen LogP contribution in [0.5, 0.6) is 5.75 Å². The van der Waals surface area contributed by atoms with Crippen LogP contribution in [0.4, 0.5) is 0 Å². The van der Waals surface area contributed by atoms with Crippen molar-refractivity contribution in [3.05, 3.63) is 65.2 Å². The van der Waals surface area contributed by atoms with Gasteiger partial charge in [-0.25, -0.2) is 0 Å². The number of hydrogen-bond donors (Lipinski definition) is 0. The third-order valence-electron chi connectivity index (χ3n) is 5.55. The second-order valence-electron chi connectivity index (χ2n) is 6.88. The molecule has 0 radical (unpaired) electrons. The Morgan fingerprint density at radius 2 is 1.83 bits per heavy atom. The molecule has 1 aliphatic heterocycles. The quantitative estimate of drug-likeness (QED) is 0.845. The zero-order valence-corrected chi connectivity index (χ0v) is 13.9. The predicted octanol–water partition coefficient (Wildman–Crippen LogP) is 4.04. The molecule has 2 unspecified atom stereocenters. The average Bonchev–Trinajstić information content (AvgIpc) is 3.23. The van der Waals surface area contributed by atoms with Gasteiger partial charge in [0.25, 0.3) is 0 Å². The molecule has 0 aromatic heterocycles. The molecule has 0 saturated carbocycles. The van der Waals surface area contributed by atoms with Crippen LogP contribution in [-0.2, 0) is 12.8 Å². The van der Waals surface area contributed by atoms with Gasteiger partial charge in [-0.15, -0.1) is 0 Å². The van der Waals surface area contributed by atoms with Gasteiger partial charge in [0.05, 0.1) is 7.11 Å². The molecule has 0 N–H and O–H groups in total. The molecule has 23 heavy (non-hydrogen) atoms. The molecular weight excluding hydrogens is 282 g/mol. The molecule has 1 heterocycles. The third-order valence-corrected chi connectivity index (χ3v) is 5.55. The normalized spacial score (nSPS) is 23.9. The van der Waals surface area contributed by atoms with E-state index in [1.54, 1.807) is 7.11 Å². The van der Waals surface area contributed by atoms with Crippen molar-refractivity contribution in [3.63, 3.8) is 0 Å². The fourth-order valence-electron chi connectivity index (χ4n) is 4.38. The molecule has 2 aromatic carbocycles. The third kappa shape index (κ3) is 2.88. The molecule has 1 fully saturated rings. The van der Waals surface area contributed by atoms with Crippen molar-refractivity contribution in [2.45, 2.75) is 37.6 Å². The van der Waals surface area contributed by atoms with Crippen LogP contribution in [0.1, 0.15) is 35.4 Å². The highest BCUT2D eigenvalue weighted by molar-refractivity contribution is 5.44. The average molecular weight is 307 g/mol. The first-order valence-corrected chi connectivity index (χ1v) is 8.80. The van der Waals surface area contributed by atoms with Crippen molar-refractivity contribution in [3.8, 4) is 5.75 Å². The number of nitrogens with zero attached hydrogens (tertiary/aromatic N) is 1. The lowest BCUT2D eigenvalue weighted by Crippen LogP contribution is -2.36. The summed E-state index contributed by atoms with van der Waals surface area (Å²) in [6.45, 7) is 2.53. The molecule has 1 saturated heterocycles. The maximum Gasteiger partial charge on any atom is 0.119 e. The maximum absolute atomic E-state index is 5.49. The van der Waals surface area contributed by atoms with Crippen molar-refractivity contribution >= 4 is 0 Å². The van der Waals surface area contributed by atoms with Crippen LogP contribution in [0.3, 0.4) is 0 Å². The van der Waals surface area contributed by atoms with Gasteiger partial charge in [0, 0.05) is 12.0 Å². The van der Waals surface area contributed by atoms with E-state index >= 15 is 0 Å². The smallest absolute Gasteiger partial charge is 0.119 e. The number of rotatable bonds is 4. The topological polar surface area (TPSA) is 12.5 Å². The maximum atomic E-state index is 5.49. The van der Waals surface area contributed by atoms with Crippen LogP contribution in [0, 0.1) is 0 Å². The first-order valence-electron chi connectivity index (χ1n) is 8.80. The number of ether oxygens (including phenoxy) is 1. The van der Waals surface area contributed by atoms with Crippen LogP contribution >= 0.6 is 0 Å². The summed E-state index contributed by atoms with van der Waals surface area (Å²) in [5.41, 5.74) is 4.46. The van der Waals surface area contributed by atoms with Gasteiger partial charge in [-0.1, -0.05) is 36.4 Å². The molecule has 4 rings (SSSR count). The van der Waals surface area contributed by atoms with Gasteiger partial charge < -0.3 is 4.74 Å². The zero-order valence-electron chi connectivity index (χ0n) is 13.9. The number of likely N-dealkylation sites (tertiary alicyclic amines) is 1. The van der Waals surface area contributed by atoms with Crippen molar-refractivity contribution in [2.24, 2.45) is 0 Å². The van der Waals surface area contributed by atoms with E-state index in [0.717, 1.165) is 12.2 Å². The van der Waals surface area contributed by atoms with Crippen molar-refractivity contribution in [1.29, 1.82) is 0 Å². The van der Waals surface area contributed by atoms with Gasteiger partial charge in [0.1, 0.15) is 5.75 Å².